The molecular weight excluding hydrogens is 683 g/mol. The van der Waals surface area contributed by atoms with Crippen LogP contribution in [0.5, 0.6) is 5.88 Å². The third-order valence-corrected chi connectivity index (χ3v) is 8.25. The minimum atomic E-state index is -4.82. The van der Waals surface area contributed by atoms with Crippen LogP contribution in [0.15, 0.2) is 66.4 Å². The molecule has 5 rings (SSSR count). The minimum absolute atomic E-state index is 0.117. The summed E-state index contributed by atoms with van der Waals surface area (Å²) in [7, 11) is 0. The van der Waals surface area contributed by atoms with E-state index in [1.165, 1.54) is 22.9 Å². The highest BCUT2D eigenvalue weighted by molar-refractivity contribution is 7.18. The fraction of sp³-hybridized carbons (Fsp3) is 0.324. The summed E-state index contributed by atoms with van der Waals surface area (Å²) in [6.07, 6.45) is -5.13. The van der Waals surface area contributed by atoms with E-state index in [4.69, 9.17) is 25.8 Å². The Morgan fingerprint density at radius 2 is 1.80 bits per heavy atom. The number of nitrogens with one attached hydrogen (secondary N) is 1. The molecule has 0 aliphatic rings. The van der Waals surface area contributed by atoms with E-state index in [2.05, 4.69) is 20.4 Å². The van der Waals surface area contributed by atoms with E-state index in [1.54, 1.807) is 76.5 Å². The normalized spacial score (nSPS) is 13.2. The second-order valence-corrected chi connectivity index (χ2v) is 13.3. The molecule has 15 heteroatoms. The molecular formula is C34H33ClF3N5O5S. The second kappa shape index (κ2) is 14.4. The number of hydrogen-bond acceptors (Lipinski definition) is 9. The van der Waals surface area contributed by atoms with Gasteiger partial charge in [0.15, 0.2) is 0 Å². The number of alkyl carbamates (subject to hydrolysis) is 1. The van der Waals surface area contributed by atoms with Gasteiger partial charge in [0, 0.05) is 34.1 Å². The number of fused-ring (bicyclic) bond motifs is 1. The number of halogens is 4. The number of benzene rings is 2. The average molecular weight is 716 g/mol. The van der Waals surface area contributed by atoms with Crippen LogP contribution in [0.4, 0.5) is 18.0 Å². The quantitative estimate of drug-likeness (QED) is 0.144. The molecule has 10 nitrogen and oxygen atoms in total. The summed E-state index contributed by atoms with van der Waals surface area (Å²) in [6.45, 7) is 8.67. The van der Waals surface area contributed by atoms with Gasteiger partial charge < -0.3 is 19.5 Å². The van der Waals surface area contributed by atoms with Gasteiger partial charge in [-0.15, -0.1) is 11.3 Å². The van der Waals surface area contributed by atoms with E-state index in [1.807, 2.05) is 0 Å². The molecule has 5 aromatic rings. The Hall–Kier alpha value is -4.69. The van der Waals surface area contributed by atoms with E-state index in [9.17, 15) is 22.8 Å². The van der Waals surface area contributed by atoms with Crippen molar-refractivity contribution in [2.45, 2.75) is 65.0 Å². The molecule has 1 amide bonds. The molecule has 0 radical (unpaired) electrons. The first-order valence-electron chi connectivity index (χ1n) is 15.2. The lowest BCUT2D eigenvalue weighted by atomic mass is 10.0. The highest BCUT2D eigenvalue weighted by Crippen LogP contribution is 2.43. The molecule has 0 aliphatic carbocycles. The van der Waals surface area contributed by atoms with Crippen LogP contribution in [-0.4, -0.2) is 56.2 Å². The molecule has 1 N–H and O–H groups in total. The predicted molar refractivity (Wildman–Crippen MR) is 179 cm³/mol. The molecule has 2 atom stereocenters. The van der Waals surface area contributed by atoms with Gasteiger partial charge in [0.1, 0.15) is 22.7 Å². The van der Waals surface area contributed by atoms with Crippen molar-refractivity contribution in [2.75, 3.05) is 6.61 Å². The first-order valence-corrected chi connectivity index (χ1v) is 16.4. The van der Waals surface area contributed by atoms with Crippen LogP contribution < -0.4 is 10.1 Å². The van der Waals surface area contributed by atoms with Crippen LogP contribution in [0.25, 0.3) is 27.0 Å². The van der Waals surface area contributed by atoms with Crippen LogP contribution in [0.3, 0.4) is 0 Å². The van der Waals surface area contributed by atoms with Crippen LogP contribution in [0.1, 0.15) is 50.6 Å². The monoisotopic (exact) mass is 715 g/mol. The zero-order valence-corrected chi connectivity index (χ0v) is 28.7. The summed E-state index contributed by atoms with van der Waals surface area (Å²) in [5.41, 5.74) is 2.27. The number of carbonyl (C=O) groups excluding carboxylic acids is 2. The topological polar surface area (TPSA) is 117 Å². The van der Waals surface area contributed by atoms with E-state index >= 15 is 0 Å². The first kappa shape index (κ1) is 35.6. The molecule has 0 unspecified atom stereocenters. The number of rotatable bonds is 10. The summed E-state index contributed by atoms with van der Waals surface area (Å²) in [5.74, 6) is -0.837. The highest BCUT2D eigenvalue weighted by atomic mass is 35.5. The smallest absolute Gasteiger partial charge is 0.429 e. The zero-order valence-electron chi connectivity index (χ0n) is 27.2. The van der Waals surface area contributed by atoms with E-state index in [0.717, 1.165) is 23.2 Å². The Kier molecular flexibility index (Phi) is 10.5. The van der Waals surface area contributed by atoms with Crippen LogP contribution in [-0.2, 0) is 20.7 Å². The van der Waals surface area contributed by atoms with Gasteiger partial charge in [-0.25, -0.2) is 24.2 Å². The number of alkyl halides is 3. The van der Waals surface area contributed by atoms with Gasteiger partial charge in [0.05, 0.1) is 23.5 Å². The van der Waals surface area contributed by atoms with Gasteiger partial charge in [-0.2, -0.15) is 18.3 Å². The Labute approximate surface area is 289 Å². The number of esters is 1. The van der Waals surface area contributed by atoms with E-state index in [-0.39, 0.29) is 35.2 Å². The number of nitrogens with zero attached hydrogens (tertiary/aromatic N) is 4. The van der Waals surface area contributed by atoms with Crippen molar-refractivity contribution in [3.05, 3.63) is 88.3 Å². The largest absolute Gasteiger partial charge is 0.464 e. The number of amides is 1. The standard InChI is InChI=1S/C34H33ClF3N5O5S/c1-6-46-31(44)25(41-32(45)48-33(3,4)5)15-20-7-9-21(10-8-20)24-17-49-28-27(24)39-18-40-30(28)47-29(34(36,37)38)23-12-11-22(35)16-26(23)43-14-13-19(2)42-43/h7-14,16-18,25,29H,6,15H2,1-5H3,(H,41,45)/t25-,29+/m0/s1. The summed E-state index contributed by atoms with van der Waals surface area (Å²) in [6, 6.07) is 11.8. The van der Waals surface area contributed by atoms with Crippen molar-refractivity contribution >= 4 is 45.2 Å². The van der Waals surface area contributed by atoms with Crippen molar-refractivity contribution in [1.29, 1.82) is 0 Å². The maximum Gasteiger partial charge on any atom is 0.429 e. The van der Waals surface area contributed by atoms with Crippen LogP contribution in [0, 0.1) is 6.92 Å². The van der Waals surface area contributed by atoms with Gasteiger partial charge >= 0.3 is 18.2 Å². The number of hydrogen-bond donors (Lipinski definition) is 1. The van der Waals surface area contributed by atoms with Gasteiger partial charge in [-0.1, -0.05) is 41.9 Å². The second-order valence-electron chi connectivity index (χ2n) is 12.0. The third kappa shape index (κ3) is 8.67. The van der Waals surface area contributed by atoms with Gasteiger partial charge in [-0.3, -0.25) is 0 Å². The maximum absolute atomic E-state index is 14.6. The highest BCUT2D eigenvalue weighted by Gasteiger charge is 2.45. The molecule has 2 aromatic carbocycles. The van der Waals surface area contributed by atoms with Crippen molar-refractivity contribution in [1.82, 2.24) is 25.1 Å². The molecule has 3 aromatic heterocycles. The summed E-state index contributed by atoms with van der Waals surface area (Å²) >= 11 is 7.32. The Balaban J connectivity index is 1.42. The lowest BCUT2D eigenvalue weighted by Gasteiger charge is -2.24. The van der Waals surface area contributed by atoms with E-state index < -0.39 is 36.0 Å². The van der Waals surface area contributed by atoms with Crippen molar-refractivity contribution < 1.29 is 37.0 Å². The fourth-order valence-electron chi connectivity index (χ4n) is 4.96. The summed E-state index contributed by atoms with van der Waals surface area (Å²) < 4.78 is 61.7. The van der Waals surface area contributed by atoms with Gasteiger partial charge in [0.25, 0.3) is 0 Å². The number of aryl methyl sites for hydroxylation is 1. The van der Waals surface area contributed by atoms with Crippen LogP contribution in [0.2, 0.25) is 5.02 Å². The van der Waals surface area contributed by atoms with Crippen LogP contribution >= 0.6 is 22.9 Å². The zero-order chi connectivity index (χ0) is 35.5. The maximum atomic E-state index is 14.6. The molecule has 0 fully saturated rings. The summed E-state index contributed by atoms with van der Waals surface area (Å²) in [4.78, 5) is 33.5. The lowest BCUT2D eigenvalue weighted by Crippen LogP contribution is -2.45. The number of ether oxygens (including phenoxy) is 3. The number of thiophene rings is 1. The van der Waals surface area contributed by atoms with Crippen molar-refractivity contribution in [2.24, 2.45) is 0 Å². The summed E-state index contributed by atoms with van der Waals surface area (Å²) in [5, 5.41) is 8.84. The van der Waals surface area contributed by atoms with Crippen molar-refractivity contribution in [3.63, 3.8) is 0 Å². The molecule has 0 bridgehead atoms. The first-order chi connectivity index (χ1) is 23.1. The third-order valence-electron chi connectivity index (χ3n) is 7.06. The van der Waals surface area contributed by atoms with Gasteiger partial charge in [0.2, 0.25) is 12.0 Å². The fourth-order valence-corrected chi connectivity index (χ4v) is 6.09. The molecule has 0 spiro atoms. The lowest BCUT2D eigenvalue weighted by molar-refractivity contribution is -0.198. The van der Waals surface area contributed by atoms with E-state index in [0.29, 0.717) is 27.0 Å². The van der Waals surface area contributed by atoms with Gasteiger partial charge in [-0.05, 0) is 63.9 Å². The average Bonchev–Trinajstić information content (AvgIpc) is 3.65. The SMILES string of the molecule is CCOC(=O)[C@H](Cc1ccc(-c2csc3c(O[C@H](c4ccc(Cl)cc4-n4ccc(C)n4)C(F)(F)F)ncnc23)cc1)NC(=O)OC(C)(C)C. The number of carbonyl (C=O) groups is 2. The minimum Gasteiger partial charge on any atom is -0.464 e. The molecule has 0 saturated heterocycles. The Morgan fingerprint density at radius 3 is 2.43 bits per heavy atom. The Morgan fingerprint density at radius 1 is 1.06 bits per heavy atom. The molecule has 3 heterocycles. The number of aromatic nitrogens is 4. The Bertz CT molecular complexity index is 1960. The molecule has 0 saturated carbocycles. The molecule has 49 heavy (non-hydrogen) atoms. The molecule has 0 aliphatic heterocycles. The molecule has 258 valence electrons. The predicted octanol–water partition coefficient (Wildman–Crippen LogP) is 8.19. The van der Waals surface area contributed by atoms with Crippen molar-refractivity contribution in [3.8, 4) is 22.7 Å².